The van der Waals surface area contributed by atoms with Crippen molar-refractivity contribution in [1.82, 2.24) is 9.78 Å². The molecule has 3 rings (SSSR count). The standard InChI is InChI=1S/C19H21N3O/c1-14-12-15(2)22(21-14)11-5-10-20-13-18-17-7-4-3-6-16(17)8-9-19(18)23/h3-4,6-9,12-13,23H,5,10-11H2,1-2H3. The predicted molar refractivity (Wildman–Crippen MR) is 94.4 cm³/mol. The highest BCUT2D eigenvalue weighted by Crippen LogP contribution is 2.25. The molecule has 1 aromatic heterocycles. The zero-order valence-electron chi connectivity index (χ0n) is 13.5. The molecule has 0 saturated carbocycles. The van der Waals surface area contributed by atoms with Gasteiger partial charge in [0.1, 0.15) is 5.75 Å². The van der Waals surface area contributed by atoms with Gasteiger partial charge >= 0.3 is 0 Å². The molecule has 0 spiro atoms. The van der Waals surface area contributed by atoms with E-state index >= 15 is 0 Å². The van der Waals surface area contributed by atoms with Crippen molar-refractivity contribution in [3.05, 3.63) is 59.4 Å². The van der Waals surface area contributed by atoms with Gasteiger partial charge in [-0.15, -0.1) is 0 Å². The Morgan fingerprint density at radius 1 is 1.17 bits per heavy atom. The van der Waals surface area contributed by atoms with Crippen LogP contribution in [-0.4, -0.2) is 27.6 Å². The van der Waals surface area contributed by atoms with E-state index in [0.29, 0.717) is 6.54 Å². The number of phenolic OH excluding ortho intramolecular Hbond substituents is 1. The normalized spacial score (nSPS) is 11.6. The van der Waals surface area contributed by atoms with Crippen molar-refractivity contribution < 1.29 is 5.11 Å². The highest BCUT2D eigenvalue weighted by atomic mass is 16.3. The van der Waals surface area contributed by atoms with Crippen LogP contribution in [0.3, 0.4) is 0 Å². The van der Waals surface area contributed by atoms with Gasteiger partial charge in [0.2, 0.25) is 0 Å². The topological polar surface area (TPSA) is 50.4 Å². The first-order chi connectivity index (χ1) is 11.1. The number of hydrogen-bond donors (Lipinski definition) is 1. The molecule has 118 valence electrons. The monoisotopic (exact) mass is 307 g/mol. The summed E-state index contributed by atoms with van der Waals surface area (Å²) < 4.78 is 2.01. The van der Waals surface area contributed by atoms with Crippen molar-refractivity contribution in [2.45, 2.75) is 26.8 Å². The highest BCUT2D eigenvalue weighted by Gasteiger charge is 2.04. The van der Waals surface area contributed by atoms with Gasteiger partial charge in [0.05, 0.1) is 5.69 Å². The third-order valence-electron chi connectivity index (χ3n) is 3.93. The van der Waals surface area contributed by atoms with E-state index in [2.05, 4.69) is 23.1 Å². The van der Waals surface area contributed by atoms with Crippen molar-refractivity contribution in [3.63, 3.8) is 0 Å². The van der Waals surface area contributed by atoms with Gasteiger partial charge in [-0.25, -0.2) is 0 Å². The fraction of sp³-hybridized carbons (Fsp3) is 0.263. The number of fused-ring (bicyclic) bond motifs is 1. The molecule has 0 amide bonds. The van der Waals surface area contributed by atoms with Crippen LogP contribution < -0.4 is 0 Å². The maximum absolute atomic E-state index is 10.1. The molecule has 0 aliphatic carbocycles. The third kappa shape index (κ3) is 3.42. The van der Waals surface area contributed by atoms with E-state index < -0.39 is 0 Å². The maximum atomic E-state index is 10.1. The van der Waals surface area contributed by atoms with E-state index in [1.807, 2.05) is 41.9 Å². The van der Waals surface area contributed by atoms with Gasteiger partial charge in [0, 0.05) is 30.6 Å². The Morgan fingerprint density at radius 3 is 2.78 bits per heavy atom. The molecule has 0 unspecified atom stereocenters. The van der Waals surface area contributed by atoms with Crippen LogP contribution in [0, 0.1) is 13.8 Å². The average molecular weight is 307 g/mol. The van der Waals surface area contributed by atoms with Crippen LogP contribution >= 0.6 is 0 Å². The number of aromatic hydroxyl groups is 1. The number of aryl methyl sites for hydroxylation is 3. The van der Waals surface area contributed by atoms with Crippen LogP contribution in [0.2, 0.25) is 0 Å². The molecule has 1 N–H and O–H groups in total. The van der Waals surface area contributed by atoms with Crippen LogP contribution in [0.25, 0.3) is 10.8 Å². The zero-order valence-corrected chi connectivity index (χ0v) is 13.5. The van der Waals surface area contributed by atoms with Gasteiger partial charge in [-0.3, -0.25) is 9.67 Å². The molecule has 3 aromatic rings. The second kappa shape index (κ2) is 6.65. The van der Waals surface area contributed by atoms with Crippen LogP contribution in [0.1, 0.15) is 23.4 Å². The molecule has 0 atom stereocenters. The molecule has 2 aromatic carbocycles. The summed E-state index contributed by atoms with van der Waals surface area (Å²) >= 11 is 0. The van der Waals surface area contributed by atoms with E-state index in [4.69, 9.17) is 0 Å². The number of nitrogens with zero attached hydrogens (tertiary/aromatic N) is 3. The number of benzene rings is 2. The van der Waals surface area contributed by atoms with Crippen molar-refractivity contribution in [2.24, 2.45) is 4.99 Å². The summed E-state index contributed by atoms with van der Waals surface area (Å²) in [5.41, 5.74) is 3.01. The predicted octanol–water partition coefficient (Wildman–Crippen LogP) is 3.87. The second-order valence-electron chi connectivity index (χ2n) is 5.76. The third-order valence-corrected chi connectivity index (χ3v) is 3.93. The van der Waals surface area contributed by atoms with E-state index in [9.17, 15) is 5.11 Å². The maximum Gasteiger partial charge on any atom is 0.124 e. The smallest absolute Gasteiger partial charge is 0.124 e. The molecule has 4 heteroatoms. The summed E-state index contributed by atoms with van der Waals surface area (Å²) in [6.45, 7) is 5.64. The summed E-state index contributed by atoms with van der Waals surface area (Å²) in [5.74, 6) is 0.269. The van der Waals surface area contributed by atoms with Gasteiger partial charge in [-0.2, -0.15) is 5.10 Å². The SMILES string of the molecule is Cc1cc(C)n(CCCN=Cc2c(O)ccc3ccccc23)n1. The Kier molecular flexibility index (Phi) is 4.42. The molecule has 0 fully saturated rings. The lowest BCUT2D eigenvalue weighted by Gasteiger charge is -2.05. The number of aromatic nitrogens is 2. The van der Waals surface area contributed by atoms with E-state index in [0.717, 1.165) is 35.0 Å². The molecule has 0 radical (unpaired) electrons. The fourth-order valence-electron chi connectivity index (χ4n) is 2.79. The van der Waals surface area contributed by atoms with Crippen LogP contribution in [0.5, 0.6) is 5.75 Å². The molecule has 0 aliphatic rings. The van der Waals surface area contributed by atoms with Crippen LogP contribution in [0.4, 0.5) is 0 Å². The van der Waals surface area contributed by atoms with Crippen LogP contribution in [-0.2, 0) is 6.54 Å². The van der Waals surface area contributed by atoms with Crippen LogP contribution in [0.15, 0.2) is 47.5 Å². The summed E-state index contributed by atoms with van der Waals surface area (Å²) in [5, 5.41) is 16.7. The lowest BCUT2D eigenvalue weighted by molar-refractivity contribution is 0.475. The van der Waals surface area contributed by atoms with Gasteiger partial charge < -0.3 is 5.11 Å². The van der Waals surface area contributed by atoms with Gasteiger partial charge in [-0.1, -0.05) is 30.3 Å². The molecule has 4 nitrogen and oxygen atoms in total. The molecular weight excluding hydrogens is 286 g/mol. The Hall–Kier alpha value is -2.62. The Morgan fingerprint density at radius 2 is 2.00 bits per heavy atom. The molecule has 0 aliphatic heterocycles. The number of aliphatic imine (C=N–C) groups is 1. The Bertz CT molecular complexity index is 849. The summed E-state index contributed by atoms with van der Waals surface area (Å²) in [6.07, 6.45) is 2.70. The summed E-state index contributed by atoms with van der Waals surface area (Å²) in [7, 11) is 0. The number of phenols is 1. The van der Waals surface area contributed by atoms with Gasteiger partial charge in [0.25, 0.3) is 0 Å². The minimum Gasteiger partial charge on any atom is -0.507 e. The van der Waals surface area contributed by atoms with Crippen molar-refractivity contribution in [2.75, 3.05) is 6.54 Å². The van der Waals surface area contributed by atoms with Crippen molar-refractivity contribution >= 4 is 17.0 Å². The molecule has 0 saturated heterocycles. The van der Waals surface area contributed by atoms with Gasteiger partial charge in [-0.05, 0) is 43.2 Å². The lowest BCUT2D eigenvalue weighted by atomic mass is 10.0. The van der Waals surface area contributed by atoms with E-state index in [1.165, 1.54) is 5.69 Å². The van der Waals surface area contributed by atoms with E-state index in [-0.39, 0.29) is 5.75 Å². The molecule has 1 heterocycles. The molecular formula is C19H21N3O. The van der Waals surface area contributed by atoms with Crippen molar-refractivity contribution in [1.29, 1.82) is 0 Å². The summed E-state index contributed by atoms with van der Waals surface area (Å²) in [4.78, 5) is 4.48. The first-order valence-electron chi connectivity index (χ1n) is 7.87. The molecule has 0 bridgehead atoms. The number of hydrogen-bond acceptors (Lipinski definition) is 3. The minimum atomic E-state index is 0.269. The summed E-state index contributed by atoms with van der Waals surface area (Å²) in [6, 6.07) is 13.7. The number of rotatable bonds is 5. The minimum absolute atomic E-state index is 0.269. The Balaban J connectivity index is 1.67. The Labute approximate surface area is 136 Å². The van der Waals surface area contributed by atoms with E-state index in [1.54, 1.807) is 12.3 Å². The fourth-order valence-corrected chi connectivity index (χ4v) is 2.79. The van der Waals surface area contributed by atoms with Gasteiger partial charge in [0.15, 0.2) is 0 Å². The average Bonchev–Trinajstić information content (AvgIpc) is 2.86. The highest BCUT2D eigenvalue weighted by molar-refractivity contribution is 6.02. The largest absolute Gasteiger partial charge is 0.507 e. The van der Waals surface area contributed by atoms with Crippen molar-refractivity contribution in [3.8, 4) is 5.75 Å². The zero-order chi connectivity index (χ0) is 16.2. The lowest BCUT2D eigenvalue weighted by Crippen LogP contribution is -2.03. The first kappa shape index (κ1) is 15.3. The molecule has 23 heavy (non-hydrogen) atoms. The second-order valence-corrected chi connectivity index (χ2v) is 5.76. The first-order valence-corrected chi connectivity index (χ1v) is 7.87. The quantitative estimate of drug-likeness (QED) is 0.574.